The van der Waals surface area contributed by atoms with Crippen LogP contribution in [0.2, 0.25) is 0 Å². The molecule has 0 aromatic heterocycles. The van der Waals surface area contributed by atoms with E-state index in [0.29, 0.717) is 11.8 Å². The van der Waals surface area contributed by atoms with Gasteiger partial charge >= 0.3 is 5.97 Å². The van der Waals surface area contributed by atoms with E-state index < -0.39 is 11.4 Å². The van der Waals surface area contributed by atoms with E-state index in [1.807, 2.05) is 0 Å². The summed E-state index contributed by atoms with van der Waals surface area (Å²) in [5, 5.41) is 21.9. The summed E-state index contributed by atoms with van der Waals surface area (Å²) < 4.78 is 0. The van der Waals surface area contributed by atoms with Gasteiger partial charge in [-0.1, -0.05) is 53.2 Å². The second-order valence-electron chi connectivity index (χ2n) is 14.7. The minimum atomic E-state index is -0.838. The number of carbonyl (C=O) groups excluding carboxylic acids is 1. The standard InChI is InChI=1S/C30H46O4/c1-25(2)21-9-12-29(6)22(28(21,5)11-10-23(25)32)8-7-19-20-17-26(3,18-31)13-14-27(20,4)15-16-30(19,29)24(33)34/h7,18,20-23,32H,8-17H2,1-6H3,(H,33,34)/t20-,21+,22-,23+,26+,27+,28-,29+,30+/m0/s1. The van der Waals surface area contributed by atoms with Gasteiger partial charge in [0.15, 0.2) is 0 Å². The number of rotatable bonds is 2. The Labute approximate surface area is 206 Å². The normalized spacial score (nSPS) is 53.9. The molecule has 0 aliphatic heterocycles. The number of hydrogen-bond donors (Lipinski definition) is 2. The molecule has 5 rings (SSSR count). The number of fused-ring (bicyclic) bond motifs is 7. The third-order valence-corrected chi connectivity index (χ3v) is 12.9. The van der Waals surface area contributed by atoms with Crippen molar-refractivity contribution in [2.24, 2.45) is 50.2 Å². The molecule has 0 aromatic carbocycles. The Kier molecular flexibility index (Phi) is 5.20. The van der Waals surface area contributed by atoms with Gasteiger partial charge in [-0.15, -0.1) is 0 Å². The highest BCUT2D eigenvalue weighted by Crippen LogP contribution is 2.75. The first-order valence-electron chi connectivity index (χ1n) is 13.8. The SMILES string of the molecule is CC1(C)[C@H](O)CC[C@@]2(C)[C@@H]1CC[C@]1(C)[C@H]2CC=C2[C@@H]3C[C@](C)(C=O)CC[C@]3(C)CC[C@]21C(=O)O. The van der Waals surface area contributed by atoms with Crippen molar-refractivity contribution in [3.8, 4) is 0 Å². The minimum absolute atomic E-state index is 0.0326. The third kappa shape index (κ3) is 2.81. The van der Waals surface area contributed by atoms with Crippen LogP contribution in [-0.2, 0) is 9.59 Å². The Hall–Kier alpha value is -1.16. The fourth-order valence-corrected chi connectivity index (χ4v) is 10.6. The molecular formula is C30H46O4. The van der Waals surface area contributed by atoms with E-state index in [-0.39, 0.29) is 39.1 Å². The highest BCUT2D eigenvalue weighted by Gasteiger charge is 2.71. The van der Waals surface area contributed by atoms with Crippen LogP contribution in [0.25, 0.3) is 0 Å². The lowest BCUT2D eigenvalue weighted by Crippen LogP contribution is -2.66. The number of aliphatic carboxylic acids is 1. The van der Waals surface area contributed by atoms with Crippen molar-refractivity contribution in [1.29, 1.82) is 0 Å². The van der Waals surface area contributed by atoms with Gasteiger partial charge in [0, 0.05) is 5.41 Å². The topological polar surface area (TPSA) is 74.6 Å². The summed E-state index contributed by atoms with van der Waals surface area (Å²) >= 11 is 0. The number of hydrogen-bond acceptors (Lipinski definition) is 3. The summed E-state index contributed by atoms with van der Waals surface area (Å²) in [7, 11) is 0. The van der Waals surface area contributed by atoms with Crippen molar-refractivity contribution in [3.63, 3.8) is 0 Å². The molecule has 4 fully saturated rings. The molecule has 0 radical (unpaired) electrons. The molecule has 0 bridgehead atoms. The van der Waals surface area contributed by atoms with Crippen molar-refractivity contribution in [2.45, 2.75) is 112 Å². The maximum atomic E-state index is 13.5. The first-order valence-corrected chi connectivity index (χ1v) is 13.8. The van der Waals surface area contributed by atoms with E-state index >= 15 is 0 Å². The number of aliphatic hydroxyl groups is 1. The fourth-order valence-electron chi connectivity index (χ4n) is 10.6. The molecule has 2 N–H and O–H groups in total. The second-order valence-corrected chi connectivity index (χ2v) is 14.7. The van der Waals surface area contributed by atoms with Crippen molar-refractivity contribution in [3.05, 3.63) is 11.6 Å². The summed E-state index contributed by atoms with van der Waals surface area (Å²) in [6.07, 6.45) is 12.2. The number of carbonyl (C=O) groups is 2. The molecule has 0 spiro atoms. The van der Waals surface area contributed by atoms with Crippen molar-refractivity contribution in [2.75, 3.05) is 0 Å². The van der Waals surface area contributed by atoms with E-state index in [9.17, 15) is 19.8 Å². The van der Waals surface area contributed by atoms with Crippen LogP contribution < -0.4 is 0 Å². The molecule has 9 atom stereocenters. The van der Waals surface area contributed by atoms with E-state index in [4.69, 9.17) is 0 Å². The summed E-state index contributed by atoms with van der Waals surface area (Å²) in [6, 6.07) is 0. The van der Waals surface area contributed by atoms with Gasteiger partial charge in [0.05, 0.1) is 11.5 Å². The van der Waals surface area contributed by atoms with Crippen LogP contribution in [0.15, 0.2) is 11.6 Å². The van der Waals surface area contributed by atoms with E-state index in [2.05, 4.69) is 47.6 Å². The van der Waals surface area contributed by atoms with Gasteiger partial charge in [-0.2, -0.15) is 0 Å². The van der Waals surface area contributed by atoms with Gasteiger partial charge in [-0.3, -0.25) is 4.79 Å². The number of aliphatic hydroxyl groups excluding tert-OH is 1. The summed E-state index contributed by atoms with van der Waals surface area (Å²) in [4.78, 5) is 25.5. The van der Waals surface area contributed by atoms with Crippen LogP contribution in [-0.4, -0.2) is 28.6 Å². The maximum Gasteiger partial charge on any atom is 0.314 e. The molecule has 0 aromatic rings. The monoisotopic (exact) mass is 470 g/mol. The third-order valence-electron chi connectivity index (χ3n) is 12.9. The lowest BCUT2D eigenvalue weighted by Gasteiger charge is -2.70. The van der Waals surface area contributed by atoms with Gasteiger partial charge in [-0.25, -0.2) is 0 Å². The predicted molar refractivity (Wildman–Crippen MR) is 133 cm³/mol. The van der Waals surface area contributed by atoms with Crippen LogP contribution in [0, 0.1) is 50.2 Å². The van der Waals surface area contributed by atoms with Crippen LogP contribution in [0.4, 0.5) is 0 Å². The Balaban J connectivity index is 1.64. The zero-order valence-corrected chi connectivity index (χ0v) is 22.2. The predicted octanol–water partition coefficient (Wildman–Crippen LogP) is 6.41. The molecule has 190 valence electrons. The minimum Gasteiger partial charge on any atom is -0.481 e. The van der Waals surface area contributed by atoms with E-state index in [1.54, 1.807) is 0 Å². The number of allylic oxidation sites excluding steroid dienone is 1. The second kappa shape index (κ2) is 7.20. The molecule has 0 unspecified atom stereocenters. The first kappa shape index (κ1) is 24.5. The Morgan fingerprint density at radius 1 is 0.941 bits per heavy atom. The molecule has 0 amide bonds. The molecular weight excluding hydrogens is 424 g/mol. The van der Waals surface area contributed by atoms with E-state index in [1.165, 1.54) is 0 Å². The van der Waals surface area contributed by atoms with Crippen LogP contribution >= 0.6 is 0 Å². The highest BCUT2D eigenvalue weighted by molar-refractivity contribution is 5.81. The van der Waals surface area contributed by atoms with Gasteiger partial charge in [0.1, 0.15) is 6.29 Å². The number of carboxylic acid groups (broad SMARTS) is 1. The zero-order chi connectivity index (χ0) is 24.9. The van der Waals surface area contributed by atoms with Crippen LogP contribution in [0.5, 0.6) is 0 Å². The quantitative estimate of drug-likeness (QED) is 0.361. The van der Waals surface area contributed by atoms with Crippen molar-refractivity contribution in [1.82, 2.24) is 0 Å². The number of carboxylic acids is 1. The Morgan fingerprint density at radius 3 is 2.26 bits per heavy atom. The Morgan fingerprint density at radius 2 is 1.62 bits per heavy atom. The Bertz CT molecular complexity index is 936. The fraction of sp³-hybridized carbons (Fsp3) is 0.867. The van der Waals surface area contributed by atoms with Crippen molar-refractivity contribution < 1.29 is 19.8 Å². The lowest BCUT2D eigenvalue weighted by molar-refractivity contribution is -0.213. The molecule has 34 heavy (non-hydrogen) atoms. The largest absolute Gasteiger partial charge is 0.481 e. The summed E-state index contributed by atoms with van der Waals surface area (Å²) in [6.45, 7) is 13.6. The number of aldehydes is 1. The average molecular weight is 471 g/mol. The van der Waals surface area contributed by atoms with Crippen LogP contribution in [0.3, 0.4) is 0 Å². The van der Waals surface area contributed by atoms with Crippen LogP contribution in [0.1, 0.15) is 106 Å². The zero-order valence-electron chi connectivity index (χ0n) is 22.2. The average Bonchev–Trinajstić information content (AvgIpc) is 2.77. The maximum absolute atomic E-state index is 13.5. The summed E-state index contributed by atoms with van der Waals surface area (Å²) in [5.41, 5.74) is -0.345. The van der Waals surface area contributed by atoms with Gasteiger partial charge in [0.2, 0.25) is 0 Å². The molecule has 5 aliphatic carbocycles. The first-order chi connectivity index (χ1) is 15.7. The van der Waals surface area contributed by atoms with Gasteiger partial charge < -0.3 is 15.0 Å². The molecule has 5 aliphatic rings. The molecule has 0 saturated heterocycles. The lowest BCUT2D eigenvalue weighted by atomic mass is 9.33. The van der Waals surface area contributed by atoms with Gasteiger partial charge in [-0.05, 0) is 104 Å². The molecule has 4 nitrogen and oxygen atoms in total. The van der Waals surface area contributed by atoms with E-state index in [0.717, 1.165) is 76.1 Å². The highest BCUT2D eigenvalue weighted by atomic mass is 16.4. The molecule has 4 saturated carbocycles. The van der Waals surface area contributed by atoms with Crippen molar-refractivity contribution >= 4 is 12.3 Å². The smallest absolute Gasteiger partial charge is 0.314 e. The van der Waals surface area contributed by atoms with Gasteiger partial charge in [0.25, 0.3) is 0 Å². The molecule has 4 heteroatoms. The molecule has 0 heterocycles. The summed E-state index contributed by atoms with van der Waals surface area (Å²) in [5.74, 6) is 0.248.